The van der Waals surface area contributed by atoms with Crippen LogP contribution in [0, 0.1) is 0 Å². The zero-order valence-corrected chi connectivity index (χ0v) is 14.8. The summed E-state index contributed by atoms with van der Waals surface area (Å²) in [7, 11) is 1.59. The molecule has 0 unspecified atom stereocenters. The van der Waals surface area contributed by atoms with Crippen LogP contribution in [0.5, 0.6) is 5.75 Å². The SMILES string of the molecule is COc1ccccc1NC(=O)N[C@H](C)CC(C)(C)c1ccccc1. The first kappa shape index (κ1) is 17.9. The Morgan fingerprint density at radius 2 is 1.71 bits per heavy atom. The molecule has 2 aromatic carbocycles. The molecular weight excluding hydrogens is 300 g/mol. The summed E-state index contributed by atoms with van der Waals surface area (Å²) in [6, 6.07) is 17.5. The summed E-state index contributed by atoms with van der Waals surface area (Å²) in [5.74, 6) is 0.643. The molecule has 2 amide bonds. The van der Waals surface area contributed by atoms with E-state index in [1.165, 1.54) is 5.56 Å². The second-order valence-electron chi connectivity index (χ2n) is 6.65. The minimum Gasteiger partial charge on any atom is -0.495 e. The third-order valence-electron chi connectivity index (χ3n) is 4.10. The third-order valence-corrected chi connectivity index (χ3v) is 4.10. The number of anilines is 1. The van der Waals surface area contributed by atoms with Crippen molar-refractivity contribution in [3.05, 3.63) is 60.2 Å². The lowest BCUT2D eigenvalue weighted by Crippen LogP contribution is -2.39. The van der Waals surface area contributed by atoms with E-state index < -0.39 is 0 Å². The average Bonchev–Trinajstić information content (AvgIpc) is 2.55. The highest BCUT2D eigenvalue weighted by atomic mass is 16.5. The molecule has 2 aromatic rings. The number of ether oxygens (including phenoxy) is 1. The van der Waals surface area contributed by atoms with Crippen LogP contribution in [0.1, 0.15) is 32.8 Å². The Labute approximate surface area is 144 Å². The number of hydrogen-bond acceptors (Lipinski definition) is 2. The molecular formula is C20H26N2O2. The normalized spacial score (nSPS) is 12.3. The van der Waals surface area contributed by atoms with E-state index in [0.29, 0.717) is 11.4 Å². The summed E-state index contributed by atoms with van der Waals surface area (Å²) >= 11 is 0. The van der Waals surface area contributed by atoms with E-state index in [2.05, 4.69) is 36.6 Å². The summed E-state index contributed by atoms with van der Waals surface area (Å²) in [5, 5.41) is 5.84. The molecule has 24 heavy (non-hydrogen) atoms. The maximum Gasteiger partial charge on any atom is 0.319 e. The molecule has 0 spiro atoms. The standard InChI is InChI=1S/C20H26N2O2/c1-15(14-20(2,3)16-10-6-5-7-11-16)21-19(23)22-17-12-8-9-13-18(17)24-4/h5-13,15H,14H2,1-4H3,(H2,21,22,23)/t15-/m1/s1. The van der Waals surface area contributed by atoms with Crippen LogP contribution in [0.3, 0.4) is 0 Å². The van der Waals surface area contributed by atoms with Crippen molar-refractivity contribution in [1.82, 2.24) is 5.32 Å². The Morgan fingerprint density at radius 3 is 2.38 bits per heavy atom. The molecule has 0 fully saturated rings. The van der Waals surface area contributed by atoms with Crippen LogP contribution in [-0.2, 0) is 5.41 Å². The van der Waals surface area contributed by atoms with Crippen LogP contribution in [0.25, 0.3) is 0 Å². The van der Waals surface area contributed by atoms with E-state index in [1.54, 1.807) is 7.11 Å². The van der Waals surface area contributed by atoms with E-state index in [9.17, 15) is 4.79 Å². The van der Waals surface area contributed by atoms with Crippen LogP contribution in [-0.4, -0.2) is 19.2 Å². The molecule has 2 N–H and O–H groups in total. The van der Waals surface area contributed by atoms with Crippen molar-refractivity contribution in [2.75, 3.05) is 12.4 Å². The topological polar surface area (TPSA) is 50.4 Å². The van der Waals surface area contributed by atoms with Gasteiger partial charge in [-0.3, -0.25) is 0 Å². The van der Waals surface area contributed by atoms with Gasteiger partial charge in [0.05, 0.1) is 12.8 Å². The molecule has 0 bridgehead atoms. The first-order chi connectivity index (χ1) is 11.4. The van der Waals surface area contributed by atoms with Gasteiger partial charge in [-0.15, -0.1) is 0 Å². The monoisotopic (exact) mass is 326 g/mol. The fraction of sp³-hybridized carbons (Fsp3) is 0.350. The highest BCUT2D eigenvalue weighted by Gasteiger charge is 2.24. The van der Waals surface area contributed by atoms with Crippen molar-refractivity contribution in [3.63, 3.8) is 0 Å². The average molecular weight is 326 g/mol. The summed E-state index contributed by atoms with van der Waals surface area (Å²) in [6.45, 7) is 6.41. The number of benzene rings is 2. The number of carbonyl (C=O) groups is 1. The highest BCUT2D eigenvalue weighted by molar-refractivity contribution is 5.91. The second-order valence-corrected chi connectivity index (χ2v) is 6.65. The van der Waals surface area contributed by atoms with Crippen LogP contribution < -0.4 is 15.4 Å². The largest absolute Gasteiger partial charge is 0.495 e. The van der Waals surface area contributed by atoms with Crippen molar-refractivity contribution < 1.29 is 9.53 Å². The van der Waals surface area contributed by atoms with Gasteiger partial charge in [-0.25, -0.2) is 4.79 Å². The maximum absolute atomic E-state index is 12.2. The molecule has 0 radical (unpaired) electrons. The molecule has 0 heterocycles. The molecule has 2 rings (SSSR count). The number of amides is 2. The lowest BCUT2D eigenvalue weighted by atomic mass is 9.79. The van der Waals surface area contributed by atoms with Crippen LogP contribution in [0.15, 0.2) is 54.6 Å². The predicted octanol–water partition coefficient (Wildman–Crippen LogP) is 4.57. The summed E-state index contributed by atoms with van der Waals surface area (Å²) < 4.78 is 5.25. The molecule has 4 heteroatoms. The molecule has 0 aliphatic rings. The van der Waals surface area contributed by atoms with Gasteiger partial charge in [0, 0.05) is 6.04 Å². The molecule has 0 saturated carbocycles. The lowest BCUT2D eigenvalue weighted by Gasteiger charge is -2.29. The van der Waals surface area contributed by atoms with E-state index in [0.717, 1.165) is 6.42 Å². The predicted molar refractivity (Wildman–Crippen MR) is 98.7 cm³/mol. The first-order valence-corrected chi connectivity index (χ1v) is 8.18. The maximum atomic E-state index is 12.2. The number of para-hydroxylation sites is 2. The van der Waals surface area contributed by atoms with Crippen molar-refractivity contribution in [1.29, 1.82) is 0 Å². The van der Waals surface area contributed by atoms with Gasteiger partial charge in [-0.05, 0) is 36.5 Å². The quantitative estimate of drug-likeness (QED) is 0.817. The zero-order valence-electron chi connectivity index (χ0n) is 14.8. The summed E-state index contributed by atoms with van der Waals surface area (Å²) in [5.41, 5.74) is 1.91. The van der Waals surface area contributed by atoms with Gasteiger partial charge in [0.25, 0.3) is 0 Å². The van der Waals surface area contributed by atoms with Crippen molar-refractivity contribution in [2.24, 2.45) is 0 Å². The summed E-state index contributed by atoms with van der Waals surface area (Å²) in [6.07, 6.45) is 0.844. The number of methoxy groups -OCH3 is 1. The summed E-state index contributed by atoms with van der Waals surface area (Å²) in [4.78, 5) is 12.2. The minimum absolute atomic E-state index is 0.0155. The molecule has 0 aromatic heterocycles. The Bertz CT molecular complexity index is 668. The fourth-order valence-corrected chi connectivity index (χ4v) is 2.95. The molecule has 4 nitrogen and oxygen atoms in total. The Morgan fingerprint density at radius 1 is 1.08 bits per heavy atom. The molecule has 1 atom stereocenters. The number of carbonyl (C=O) groups excluding carboxylic acids is 1. The Hall–Kier alpha value is -2.49. The number of urea groups is 1. The lowest BCUT2D eigenvalue weighted by molar-refractivity contribution is 0.246. The van der Waals surface area contributed by atoms with Gasteiger partial charge in [0.2, 0.25) is 0 Å². The number of nitrogens with one attached hydrogen (secondary N) is 2. The van der Waals surface area contributed by atoms with Gasteiger partial charge in [0.15, 0.2) is 0 Å². The van der Waals surface area contributed by atoms with Gasteiger partial charge in [-0.1, -0.05) is 56.3 Å². The number of rotatable bonds is 6. The van der Waals surface area contributed by atoms with Gasteiger partial charge in [0.1, 0.15) is 5.75 Å². The van der Waals surface area contributed by atoms with Crippen molar-refractivity contribution in [2.45, 2.75) is 38.6 Å². The first-order valence-electron chi connectivity index (χ1n) is 8.18. The van der Waals surface area contributed by atoms with Crippen LogP contribution in [0.2, 0.25) is 0 Å². The zero-order chi connectivity index (χ0) is 17.6. The van der Waals surface area contributed by atoms with Crippen LogP contribution >= 0.6 is 0 Å². The van der Waals surface area contributed by atoms with Gasteiger partial charge >= 0.3 is 6.03 Å². The van der Waals surface area contributed by atoms with Gasteiger partial charge in [-0.2, -0.15) is 0 Å². The third kappa shape index (κ3) is 4.75. The fourth-order valence-electron chi connectivity index (χ4n) is 2.95. The van der Waals surface area contributed by atoms with E-state index in [-0.39, 0.29) is 17.5 Å². The van der Waals surface area contributed by atoms with Gasteiger partial charge < -0.3 is 15.4 Å². The van der Waals surface area contributed by atoms with Crippen molar-refractivity contribution in [3.8, 4) is 5.75 Å². The Balaban J connectivity index is 1.94. The number of hydrogen-bond donors (Lipinski definition) is 2. The molecule has 0 aliphatic carbocycles. The van der Waals surface area contributed by atoms with E-state index >= 15 is 0 Å². The minimum atomic E-state index is -0.226. The molecule has 128 valence electrons. The van der Waals surface area contributed by atoms with Crippen LogP contribution in [0.4, 0.5) is 10.5 Å². The molecule has 0 saturated heterocycles. The second kappa shape index (κ2) is 7.86. The molecule has 0 aliphatic heterocycles. The van der Waals surface area contributed by atoms with E-state index in [1.807, 2.05) is 49.4 Å². The smallest absolute Gasteiger partial charge is 0.319 e. The van der Waals surface area contributed by atoms with Crippen molar-refractivity contribution >= 4 is 11.7 Å². The Kier molecular flexibility index (Phi) is 5.85. The van der Waals surface area contributed by atoms with E-state index in [4.69, 9.17) is 4.74 Å². The highest BCUT2D eigenvalue weighted by Crippen LogP contribution is 2.28.